The second kappa shape index (κ2) is 3.50. The van der Waals surface area contributed by atoms with Crippen molar-refractivity contribution < 1.29 is 0 Å². The lowest BCUT2D eigenvalue weighted by Crippen LogP contribution is -2.55. The van der Waals surface area contributed by atoms with Crippen LogP contribution in [0.2, 0.25) is 26.2 Å². The van der Waals surface area contributed by atoms with E-state index in [-0.39, 0.29) is 0 Å². The van der Waals surface area contributed by atoms with Gasteiger partial charge in [0.05, 0.1) is 0 Å². The lowest BCUT2D eigenvalue weighted by molar-refractivity contribution is 1.14. The molecule has 4 heteroatoms. The Labute approximate surface area is 60.9 Å². The molecule has 0 aromatic rings. The van der Waals surface area contributed by atoms with Crippen molar-refractivity contribution in [2.24, 2.45) is 0 Å². The first-order chi connectivity index (χ1) is 3.95. The fraction of sp³-hybridized carbons (Fsp3) is 1.00. The Hall–Kier alpha value is 0.354. The zero-order chi connectivity index (χ0) is 7.49. The maximum absolute atomic E-state index is 3.64. The van der Waals surface area contributed by atoms with Crippen LogP contribution in [0.3, 0.4) is 0 Å². The second-order valence-corrected chi connectivity index (χ2v) is 11.1. The molecule has 56 valence electrons. The van der Waals surface area contributed by atoms with Gasteiger partial charge in [0.2, 0.25) is 0 Å². The van der Waals surface area contributed by atoms with E-state index in [1.807, 2.05) is 7.05 Å². The fourth-order valence-electron chi connectivity index (χ4n) is 0.722. The summed E-state index contributed by atoms with van der Waals surface area (Å²) in [6, 6.07) is 0. The van der Waals surface area contributed by atoms with E-state index in [0.29, 0.717) is 0 Å². The van der Waals surface area contributed by atoms with Crippen molar-refractivity contribution in [1.29, 1.82) is 0 Å². The van der Waals surface area contributed by atoms with E-state index in [1.165, 1.54) is 0 Å². The number of rotatable bonds is 3. The van der Waals surface area contributed by atoms with Crippen molar-refractivity contribution >= 4 is 17.4 Å². The van der Waals surface area contributed by atoms with Gasteiger partial charge in [0.1, 0.15) is 8.24 Å². The summed E-state index contributed by atoms with van der Waals surface area (Å²) < 4.78 is 3.64. The van der Waals surface area contributed by atoms with Gasteiger partial charge in [-0.2, -0.15) is 0 Å². The average molecular weight is 162 g/mol. The van der Waals surface area contributed by atoms with Gasteiger partial charge >= 0.3 is 0 Å². The molecule has 1 unspecified atom stereocenters. The van der Waals surface area contributed by atoms with Gasteiger partial charge in [-0.15, -0.1) is 0 Å². The van der Waals surface area contributed by atoms with Gasteiger partial charge in [-0.1, -0.05) is 19.6 Å². The zero-order valence-corrected chi connectivity index (χ0v) is 9.23. The smallest absolute Gasteiger partial charge is 0.174 e. The van der Waals surface area contributed by atoms with E-state index < -0.39 is 17.4 Å². The lowest BCUT2D eigenvalue weighted by atomic mass is 11.6. The summed E-state index contributed by atoms with van der Waals surface area (Å²) in [6.07, 6.45) is 0. The maximum Gasteiger partial charge on any atom is 0.174 e. The van der Waals surface area contributed by atoms with E-state index in [2.05, 4.69) is 35.8 Å². The van der Waals surface area contributed by atoms with Gasteiger partial charge < -0.3 is 9.63 Å². The zero-order valence-electron chi connectivity index (χ0n) is 7.08. The molecule has 0 aliphatic heterocycles. The molecule has 0 aliphatic carbocycles. The topological polar surface area (TPSA) is 24.1 Å². The molecule has 0 amide bonds. The molecule has 0 heterocycles. The minimum Gasteiger partial charge on any atom is -0.350 e. The third-order valence-corrected chi connectivity index (χ3v) is 7.14. The number of hydrogen-bond donors (Lipinski definition) is 2. The van der Waals surface area contributed by atoms with E-state index in [9.17, 15) is 0 Å². The van der Waals surface area contributed by atoms with E-state index >= 15 is 0 Å². The van der Waals surface area contributed by atoms with E-state index in [1.54, 1.807) is 0 Å². The van der Waals surface area contributed by atoms with Crippen molar-refractivity contribution in [2.45, 2.75) is 26.2 Å². The molecule has 0 bridgehead atoms. The molecule has 0 fully saturated rings. The van der Waals surface area contributed by atoms with E-state index in [4.69, 9.17) is 0 Å². The summed E-state index contributed by atoms with van der Waals surface area (Å²) in [6.45, 7) is 9.26. The Morgan fingerprint density at radius 1 is 1.22 bits per heavy atom. The van der Waals surface area contributed by atoms with Crippen LogP contribution in [-0.4, -0.2) is 24.4 Å². The first-order valence-electron chi connectivity index (χ1n) is 3.40. The van der Waals surface area contributed by atoms with Crippen LogP contribution >= 0.6 is 0 Å². The van der Waals surface area contributed by atoms with Gasteiger partial charge in [-0.05, 0) is 13.6 Å². The van der Waals surface area contributed by atoms with E-state index in [0.717, 1.165) is 0 Å². The highest BCUT2D eigenvalue weighted by Crippen LogP contribution is 1.93. The third-order valence-electron chi connectivity index (χ3n) is 1.08. The lowest BCUT2D eigenvalue weighted by Gasteiger charge is -2.22. The van der Waals surface area contributed by atoms with Gasteiger partial charge in [-0.3, -0.25) is 0 Å². The normalized spacial score (nSPS) is 15.7. The SMILES string of the molecule is CN[SiH](C)N[Si](C)(C)C. The van der Waals surface area contributed by atoms with Crippen LogP contribution in [0.5, 0.6) is 0 Å². The van der Waals surface area contributed by atoms with Gasteiger partial charge in [0.15, 0.2) is 9.12 Å². The van der Waals surface area contributed by atoms with Crippen LogP contribution in [0.25, 0.3) is 0 Å². The molecular formula is C5H18N2Si2. The first-order valence-corrected chi connectivity index (χ1v) is 9.21. The van der Waals surface area contributed by atoms with Gasteiger partial charge in [0.25, 0.3) is 0 Å². The highest BCUT2D eigenvalue weighted by atomic mass is 28.4. The van der Waals surface area contributed by atoms with Crippen LogP contribution in [0.4, 0.5) is 0 Å². The Balaban J connectivity index is 3.47. The summed E-state index contributed by atoms with van der Waals surface area (Å²) in [4.78, 5) is 3.28. The largest absolute Gasteiger partial charge is 0.350 e. The van der Waals surface area contributed by atoms with Crippen LogP contribution in [0, 0.1) is 0 Å². The molecule has 0 saturated carbocycles. The monoisotopic (exact) mass is 162 g/mol. The van der Waals surface area contributed by atoms with Crippen molar-refractivity contribution in [3.63, 3.8) is 0 Å². The van der Waals surface area contributed by atoms with Gasteiger partial charge in [-0.25, -0.2) is 0 Å². The molecule has 0 rings (SSSR count). The maximum atomic E-state index is 3.64. The third kappa shape index (κ3) is 6.24. The molecule has 0 aliphatic rings. The molecule has 1 atom stereocenters. The molecule has 2 N–H and O–H groups in total. The summed E-state index contributed by atoms with van der Waals surface area (Å²) >= 11 is 0. The first kappa shape index (κ1) is 9.35. The Morgan fingerprint density at radius 3 is 1.78 bits per heavy atom. The molecule has 0 aromatic heterocycles. The summed E-state index contributed by atoms with van der Waals surface area (Å²) in [5, 5.41) is 0. The average Bonchev–Trinajstić information content (AvgIpc) is 1.62. The molecule has 0 aromatic carbocycles. The molecule has 0 radical (unpaired) electrons. The van der Waals surface area contributed by atoms with Crippen molar-refractivity contribution in [1.82, 2.24) is 9.63 Å². The summed E-state index contributed by atoms with van der Waals surface area (Å²) in [7, 11) is 0.295. The van der Waals surface area contributed by atoms with Crippen molar-refractivity contribution in [2.75, 3.05) is 7.05 Å². The summed E-state index contributed by atoms with van der Waals surface area (Å²) in [5.74, 6) is 0. The minimum absolute atomic E-state index is 0.745. The standard InChI is InChI=1S/C5H18N2Si2/c1-6-8(2)7-9(3,4)5/h6-8H,1-5H3. The Kier molecular flexibility index (Phi) is 3.64. The number of nitrogens with one attached hydrogen (secondary N) is 2. The molecule has 9 heavy (non-hydrogen) atoms. The quantitative estimate of drug-likeness (QED) is 0.590. The predicted octanol–water partition coefficient (Wildman–Crippen LogP) is 0.481. The highest BCUT2D eigenvalue weighted by Gasteiger charge is 2.14. The second-order valence-electron chi connectivity index (χ2n) is 3.40. The van der Waals surface area contributed by atoms with Crippen molar-refractivity contribution in [3.8, 4) is 0 Å². The highest BCUT2D eigenvalue weighted by molar-refractivity contribution is 6.82. The summed E-state index contributed by atoms with van der Waals surface area (Å²) in [5.41, 5.74) is 0. The predicted molar refractivity (Wildman–Crippen MR) is 48.6 cm³/mol. The van der Waals surface area contributed by atoms with Crippen LogP contribution in [-0.2, 0) is 0 Å². The number of hydrogen-bond acceptors (Lipinski definition) is 2. The van der Waals surface area contributed by atoms with Crippen molar-refractivity contribution in [3.05, 3.63) is 0 Å². The van der Waals surface area contributed by atoms with Gasteiger partial charge in [0, 0.05) is 0 Å². The minimum atomic E-state index is -0.992. The molecule has 0 spiro atoms. The molecular weight excluding hydrogens is 144 g/mol. The Bertz CT molecular complexity index is 79.5. The van der Waals surface area contributed by atoms with Crippen LogP contribution < -0.4 is 9.63 Å². The van der Waals surface area contributed by atoms with Crippen LogP contribution in [0.15, 0.2) is 0 Å². The van der Waals surface area contributed by atoms with Crippen LogP contribution in [0.1, 0.15) is 0 Å². The molecule has 2 nitrogen and oxygen atoms in total. The fourth-order valence-corrected chi connectivity index (χ4v) is 6.50. The Morgan fingerprint density at radius 2 is 1.67 bits per heavy atom. The molecule has 0 saturated heterocycles.